The molecule has 3 N–H and O–H groups in total. The monoisotopic (exact) mass is 355 g/mol. The summed E-state index contributed by atoms with van der Waals surface area (Å²) in [4.78, 5) is 13.6. The summed E-state index contributed by atoms with van der Waals surface area (Å²) < 4.78 is 0. The van der Waals surface area contributed by atoms with E-state index in [1.54, 1.807) is 0 Å². The number of benzene rings is 2. The minimum absolute atomic E-state index is 0.0910. The number of hydrogen-bond donors (Lipinski definition) is 2. The fourth-order valence-electron chi connectivity index (χ4n) is 4.17. The lowest BCUT2D eigenvalue weighted by Gasteiger charge is -2.32. The Morgan fingerprint density at radius 3 is 2.70 bits per heavy atom. The number of nitrogens with one attached hydrogen (secondary N) is 1. The quantitative estimate of drug-likeness (QED) is 0.685. The summed E-state index contributed by atoms with van der Waals surface area (Å²) in [6.45, 7) is 2.11. The Labute approximate surface area is 158 Å². The number of rotatable bonds is 1. The van der Waals surface area contributed by atoms with Crippen molar-refractivity contribution in [1.29, 1.82) is 0 Å². The van der Waals surface area contributed by atoms with Crippen molar-refractivity contribution < 1.29 is 0 Å². The standard InChI is InChI=1S/C22H21N5/c1-13-6-8-15(9-7-13)18-17-11-10-14-4-2-3-5-16(14)19(17)26-20-21(23)24-12-25-22(20)27-18/h2-9,12,17-18H,10-11H2,1H3,(H3,23,24,25,27). The summed E-state index contributed by atoms with van der Waals surface area (Å²) in [6, 6.07) is 17.3. The molecule has 5 rings (SSSR count). The van der Waals surface area contributed by atoms with Gasteiger partial charge in [0.05, 0.1) is 11.8 Å². The third-order valence-corrected chi connectivity index (χ3v) is 5.58. The molecule has 0 fully saturated rings. The van der Waals surface area contributed by atoms with Crippen molar-refractivity contribution in [2.75, 3.05) is 11.1 Å². The van der Waals surface area contributed by atoms with E-state index in [2.05, 4.69) is 70.7 Å². The van der Waals surface area contributed by atoms with Crippen LogP contribution < -0.4 is 11.1 Å². The Kier molecular flexibility index (Phi) is 3.67. The molecule has 134 valence electrons. The summed E-state index contributed by atoms with van der Waals surface area (Å²) in [5, 5.41) is 3.62. The Balaban J connectivity index is 1.72. The van der Waals surface area contributed by atoms with E-state index < -0.39 is 0 Å². The van der Waals surface area contributed by atoms with Crippen LogP contribution in [0.2, 0.25) is 0 Å². The predicted molar refractivity (Wildman–Crippen MR) is 108 cm³/mol. The molecule has 0 radical (unpaired) electrons. The number of fused-ring (bicyclic) bond motifs is 4. The highest BCUT2D eigenvalue weighted by molar-refractivity contribution is 6.08. The summed E-state index contributed by atoms with van der Waals surface area (Å²) in [7, 11) is 0. The van der Waals surface area contributed by atoms with Crippen LogP contribution in [0.5, 0.6) is 0 Å². The van der Waals surface area contributed by atoms with E-state index in [1.807, 2.05) is 0 Å². The molecule has 0 amide bonds. The van der Waals surface area contributed by atoms with Gasteiger partial charge >= 0.3 is 0 Å². The Hall–Kier alpha value is -3.21. The van der Waals surface area contributed by atoms with Crippen LogP contribution in [0.1, 0.15) is 34.7 Å². The highest BCUT2D eigenvalue weighted by Crippen LogP contribution is 2.43. The zero-order valence-electron chi connectivity index (χ0n) is 15.2. The smallest absolute Gasteiger partial charge is 0.158 e. The molecule has 2 heterocycles. The zero-order valence-corrected chi connectivity index (χ0v) is 15.2. The molecule has 0 saturated carbocycles. The first-order valence-electron chi connectivity index (χ1n) is 9.31. The number of nitrogens with zero attached hydrogens (tertiary/aromatic N) is 3. The average molecular weight is 355 g/mol. The molecule has 0 saturated heterocycles. The molecule has 1 aliphatic carbocycles. The molecule has 2 atom stereocenters. The first-order valence-corrected chi connectivity index (χ1v) is 9.31. The van der Waals surface area contributed by atoms with Crippen LogP contribution in [-0.2, 0) is 6.42 Å². The third-order valence-electron chi connectivity index (χ3n) is 5.58. The van der Waals surface area contributed by atoms with Gasteiger partial charge in [-0.25, -0.2) is 15.0 Å². The van der Waals surface area contributed by atoms with E-state index in [0.29, 0.717) is 17.3 Å². The van der Waals surface area contributed by atoms with Crippen molar-refractivity contribution in [3.63, 3.8) is 0 Å². The molecular weight excluding hydrogens is 334 g/mol. The second kappa shape index (κ2) is 6.20. The van der Waals surface area contributed by atoms with Gasteiger partial charge in [-0.3, -0.25) is 0 Å². The van der Waals surface area contributed by atoms with Gasteiger partial charge in [-0.2, -0.15) is 0 Å². The van der Waals surface area contributed by atoms with Gasteiger partial charge in [0.25, 0.3) is 0 Å². The number of aryl methyl sites for hydroxylation is 2. The van der Waals surface area contributed by atoms with Crippen molar-refractivity contribution in [2.45, 2.75) is 25.8 Å². The highest BCUT2D eigenvalue weighted by Gasteiger charge is 2.36. The van der Waals surface area contributed by atoms with Gasteiger partial charge in [0.2, 0.25) is 0 Å². The molecule has 5 heteroatoms. The topological polar surface area (TPSA) is 76.2 Å². The minimum atomic E-state index is 0.0910. The lowest BCUT2D eigenvalue weighted by molar-refractivity contribution is 0.533. The van der Waals surface area contributed by atoms with Crippen LogP contribution in [0.15, 0.2) is 59.9 Å². The summed E-state index contributed by atoms with van der Waals surface area (Å²) in [5.74, 6) is 1.36. The summed E-state index contributed by atoms with van der Waals surface area (Å²) in [5.41, 5.74) is 12.9. The number of hydrogen-bond acceptors (Lipinski definition) is 5. The van der Waals surface area contributed by atoms with Crippen LogP contribution in [0.25, 0.3) is 0 Å². The van der Waals surface area contributed by atoms with Crippen LogP contribution >= 0.6 is 0 Å². The number of nitrogens with two attached hydrogens (primary N) is 1. The number of aromatic nitrogens is 2. The second-order valence-corrected chi connectivity index (χ2v) is 7.29. The van der Waals surface area contributed by atoms with Crippen molar-refractivity contribution >= 4 is 23.0 Å². The molecule has 27 heavy (non-hydrogen) atoms. The Morgan fingerprint density at radius 1 is 1.04 bits per heavy atom. The van der Waals surface area contributed by atoms with Gasteiger partial charge < -0.3 is 11.1 Å². The molecule has 1 aromatic heterocycles. The SMILES string of the molecule is Cc1ccc(C2Nc3ncnc(N)c3N=C3c4ccccc4CCC32)cc1. The third kappa shape index (κ3) is 2.67. The van der Waals surface area contributed by atoms with Crippen LogP contribution in [0.3, 0.4) is 0 Å². The van der Waals surface area contributed by atoms with Crippen molar-refractivity contribution in [3.05, 3.63) is 77.1 Å². The first-order chi connectivity index (χ1) is 13.2. The Bertz CT molecular complexity index is 1040. The average Bonchev–Trinajstić information content (AvgIpc) is 2.87. The van der Waals surface area contributed by atoms with Gasteiger partial charge in [0, 0.05) is 5.92 Å². The molecule has 2 unspecified atom stereocenters. The van der Waals surface area contributed by atoms with E-state index in [0.717, 1.165) is 18.6 Å². The van der Waals surface area contributed by atoms with E-state index in [1.165, 1.54) is 28.6 Å². The molecule has 3 aromatic rings. The molecule has 5 nitrogen and oxygen atoms in total. The highest BCUT2D eigenvalue weighted by atomic mass is 15.1. The van der Waals surface area contributed by atoms with Gasteiger partial charge in [0.15, 0.2) is 11.6 Å². The molecular formula is C22H21N5. The van der Waals surface area contributed by atoms with Gasteiger partial charge in [-0.15, -0.1) is 0 Å². The number of anilines is 2. The maximum absolute atomic E-state index is 6.16. The van der Waals surface area contributed by atoms with Gasteiger partial charge in [-0.1, -0.05) is 54.1 Å². The van der Waals surface area contributed by atoms with E-state index in [-0.39, 0.29) is 12.0 Å². The Morgan fingerprint density at radius 2 is 1.85 bits per heavy atom. The predicted octanol–water partition coefficient (Wildman–Crippen LogP) is 4.22. The maximum atomic E-state index is 6.16. The van der Waals surface area contributed by atoms with Gasteiger partial charge in [0.1, 0.15) is 12.0 Å². The fourth-order valence-corrected chi connectivity index (χ4v) is 4.17. The first kappa shape index (κ1) is 16.0. The van der Waals surface area contributed by atoms with Crippen molar-refractivity contribution in [1.82, 2.24) is 9.97 Å². The van der Waals surface area contributed by atoms with Gasteiger partial charge in [-0.05, 0) is 36.5 Å². The number of nitrogen functional groups attached to an aromatic ring is 1. The number of aliphatic imine (C=N–C) groups is 1. The van der Waals surface area contributed by atoms with E-state index in [4.69, 9.17) is 10.7 Å². The molecule has 2 aromatic carbocycles. The summed E-state index contributed by atoms with van der Waals surface area (Å²) in [6.07, 6.45) is 3.57. The summed E-state index contributed by atoms with van der Waals surface area (Å²) >= 11 is 0. The molecule has 0 bridgehead atoms. The zero-order chi connectivity index (χ0) is 18.4. The van der Waals surface area contributed by atoms with E-state index in [9.17, 15) is 0 Å². The van der Waals surface area contributed by atoms with Crippen molar-refractivity contribution in [2.24, 2.45) is 10.9 Å². The van der Waals surface area contributed by atoms with Crippen LogP contribution in [0.4, 0.5) is 17.3 Å². The van der Waals surface area contributed by atoms with Crippen LogP contribution in [0, 0.1) is 12.8 Å². The minimum Gasteiger partial charge on any atom is -0.382 e. The lowest BCUT2D eigenvalue weighted by atomic mass is 9.76. The molecule has 0 spiro atoms. The van der Waals surface area contributed by atoms with Crippen LogP contribution in [-0.4, -0.2) is 15.7 Å². The fraction of sp³-hybridized carbons (Fsp3) is 0.227. The lowest BCUT2D eigenvalue weighted by Crippen LogP contribution is -2.31. The largest absolute Gasteiger partial charge is 0.382 e. The maximum Gasteiger partial charge on any atom is 0.158 e. The molecule has 1 aliphatic heterocycles. The normalized spacial score (nSPS) is 20.4. The second-order valence-electron chi connectivity index (χ2n) is 7.29. The van der Waals surface area contributed by atoms with E-state index >= 15 is 0 Å². The van der Waals surface area contributed by atoms with Crippen molar-refractivity contribution in [3.8, 4) is 0 Å². The molecule has 2 aliphatic rings.